The van der Waals surface area contributed by atoms with Gasteiger partial charge in [-0.3, -0.25) is 10.1 Å². The highest BCUT2D eigenvalue weighted by atomic mass is 127. The van der Waals surface area contributed by atoms with Crippen LogP contribution in [0.2, 0.25) is 0 Å². The summed E-state index contributed by atoms with van der Waals surface area (Å²) in [5.74, 6) is -0.531. The van der Waals surface area contributed by atoms with E-state index in [2.05, 4.69) is 10.6 Å². The molecule has 2 amide bonds. The second-order valence-corrected chi connectivity index (χ2v) is 5.26. The smallest absolute Gasteiger partial charge is 0.316 e. The lowest BCUT2D eigenvalue weighted by atomic mass is 10.2. The fourth-order valence-corrected chi connectivity index (χ4v) is 1.80. The van der Waals surface area contributed by atoms with Crippen LogP contribution in [0.4, 0.5) is 20.6 Å². The molecular weight excluding hydrogens is 382 g/mol. The molecule has 0 unspecified atom stereocenters. The summed E-state index contributed by atoms with van der Waals surface area (Å²) in [4.78, 5) is 22.9. The van der Waals surface area contributed by atoms with Crippen LogP contribution in [0.3, 0.4) is 0 Å². The summed E-state index contributed by atoms with van der Waals surface area (Å²) in [5.41, 5.74) is -0.109. The molecule has 0 heterocycles. The van der Waals surface area contributed by atoms with Crippen molar-refractivity contribution >= 4 is 40.0 Å². The number of carbonyl (C=O) groups is 1. The first kappa shape index (κ1) is 16.4. The predicted octanol–water partition coefficient (Wildman–Crippen LogP) is 2.02. The molecule has 0 aliphatic rings. The first-order valence-electron chi connectivity index (χ1n) is 5.65. The van der Waals surface area contributed by atoms with Crippen molar-refractivity contribution < 1.29 is 14.1 Å². The van der Waals surface area contributed by atoms with Crippen LogP contribution in [0, 0.1) is 19.5 Å². The van der Waals surface area contributed by atoms with Crippen LogP contribution in [-0.4, -0.2) is 43.0 Å². The number of amides is 2. The van der Waals surface area contributed by atoms with Crippen molar-refractivity contribution in [1.29, 1.82) is 0 Å². The maximum Gasteiger partial charge on any atom is 0.316 e. The lowest BCUT2D eigenvalue weighted by Crippen LogP contribution is -2.37. The van der Waals surface area contributed by atoms with Gasteiger partial charge in [-0.1, -0.05) is 0 Å². The van der Waals surface area contributed by atoms with Crippen LogP contribution in [0.5, 0.6) is 0 Å². The molecule has 0 bridgehead atoms. The van der Waals surface area contributed by atoms with Crippen molar-refractivity contribution in [2.75, 3.05) is 32.5 Å². The van der Waals surface area contributed by atoms with Gasteiger partial charge in [-0.2, -0.15) is 0 Å². The van der Waals surface area contributed by atoms with Gasteiger partial charge in [0, 0.05) is 39.3 Å². The van der Waals surface area contributed by atoms with Gasteiger partial charge in [-0.15, -0.1) is 0 Å². The van der Waals surface area contributed by atoms with Crippen LogP contribution >= 0.6 is 22.6 Å². The van der Waals surface area contributed by atoms with E-state index >= 15 is 0 Å². The molecule has 7 nitrogen and oxygen atoms in total. The molecule has 0 atom stereocenters. The summed E-state index contributed by atoms with van der Waals surface area (Å²) in [6.07, 6.45) is 0. The Morgan fingerprint density at radius 3 is 2.65 bits per heavy atom. The van der Waals surface area contributed by atoms with Gasteiger partial charge in [0.2, 0.25) is 0 Å². The lowest BCUT2D eigenvalue weighted by Gasteiger charge is -2.13. The maximum absolute atomic E-state index is 13.4. The number of carbonyl (C=O) groups excluding carboxylic acids is 1. The van der Waals surface area contributed by atoms with Crippen molar-refractivity contribution in [2.24, 2.45) is 0 Å². The van der Waals surface area contributed by atoms with E-state index in [1.165, 1.54) is 4.90 Å². The van der Waals surface area contributed by atoms with E-state index in [1.807, 2.05) is 0 Å². The number of nitro benzene ring substituents is 1. The molecule has 0 fully saturated rings. The molecule has 20 heavy (non-hydrogen) atoms. The minimum absolute atomic E-state index is 0.0898. The van der Waals surface area contributed by atoms with Gasteiger partial charge in [0.15, 0.2) is 0 Å². The lowest BCUT2D eigenvalue weighted by molar-refractivity contribution is -0.384. The fraction of sp³-hybridized carbons (Fsp3) is 0.364. The van der Waals surface area contributed by atoms with E-state index in [-0.39, 0.29) is 34.1 Å². The molecule has 0 saturated heterocycles. The summed E-state index contributed by atoms with van der Waals surface area (Å²) in [6, 6.07) is 1.97. The van der Waals surface area contributed by atoms with E-state index in [1.54, 1.807) is 36.7 Å². The number of anilines is 1. The minimum atomic E-state index is -0.581. The number of benzene rings is 1. The SMILES string of the molecule is CN(C)C(=O)NCCNc1cc(F)c(I)cc1[N+](=O)[O-]. The highest BCUT2D eigenvalue weighted by Crippen LogP contribution is 2.28. The van der Waals surface area contributed by atoms with Crippen molar-refractivity contribution in [3.8, 4) is 0 Å². The van der Waals surface area contributed by atoms with Gasteiger partial charge in [0.25, 0.3) is 5.69 Å². The zero-order valence-corrected chi connectivity index (χ0v) is 13.1. The number of halogens is 2. The van der Waals surface area contributed by atoms with Crippen molar-refractivity contribution in [1.82, 2.24) is 10.2 Å². The molecule has 110 valence electrons. The number of hydrogen-bond donors (Lipinski definition) is 2. The first-order chi connectivity index (χ1) is 9.32. The molecule has 0 aliphatic carbocycles. The Balaban J connectivity index is 2.66. The van der Waals surface area contributed by atoms with Crippen molar-refractivity contribution in [2.45, 2.75) is 0 Å². The van der Waals surface area contributed by atoms with E-state index in [0.29, 0.717) is 0 Å². The number of urea groups is 1. The van der Waals surface area contributed by atoms with Crippen molar-refractivity contribution in [3.05, 3.63) is 31.6 Å². The molecule has 1 aromatic rings. The highest BCUT2D eigenvalue weighted by Gasteiger charge is 2.17. The normalized spacial score (nSPS) is 10.0. The largest absolute Gasteiger partial charge is 0.378 e. The fourth-order valence-electron chi connectivity index (χ4n) is 1.35. The third-order valence-electron chi connectivity index (χ3n) is 2.36. The second kappa shape index (κ2) is 7.22. The molecule has 0 spiro atoms. The molecule has 0 aliphatic heterocycles. The molecule has 1 aromatic carbocycles. The summed E-state index contributed by atoms with van der Waals surface area (Å²) >= 11 is 1.69. The van der Waals surface area contributed by atoms with E-state index in [4.69, 9.17) is 0 Å². The Labute approximate surface area is 128 Å². The molecule has 2 N–H and O–H groups in total. The van der Waals surface area contributed by atoms with Crippen LogP contribution in [-0.2, 0) is 0 Å². The molecule has 0 aromatic heterocycles. The van der Waals surface area contributed by atoms with Gasteiger partial charge in [0.1, 0.15) is 11.5 Å². The average Bonchev–Trinajstić information content (AvgIpc) is 2.37. The molecular formula is C11H14FIN4O3. The Morgan fingerprint density at radius 2 is 2.10 bits per heavy atom. The van der Waals surface area contributed by atoms with Gasteiger partial charge in [0.05, 0.1) is 8.49 Å². The molecule has 0 saturated carbocycles. The number of nitro groups is 1. The highest BCUT2D eigenvalue weighted by molar-refractivity contribution is 14.1. The number of rotatable bonds is 5. The Hall–Kier alpha value is -1.65. The Kier molecular flexibility index (Phi) is 5.92. The zero-order valence-electron chi connectivity index (χ0n) is 10.9. The van der Waals surface area contributed by atoms with E-state index in [0.717, 1.165) is 12.1 Å². The summed E-state index contributed by atoms with van der Waals surface area (Å²) < 4.78 is 13.6. The predicted molar refractivity (Wildman–Crippen MR) is 81.3 cm³/mol. The topological polar surface area (TPSA) is 87.5 Å². The summed E-state index contributed by atoms with van der Waals surface area (Å²) in [7, 11) is 3.20. The zero-order chi connectivity index (χ0) is 15.3. The number of hydrogen-bond acceptors (Lipinski definition) is 4. The van der Waals surface area contributed by atoms with Gasteiger partial charge < -0.3 is 15.5 Å². The number of nitrogens with one attached hydrogen (secondary N) is 2. The van der Waals surface area contributed by atoms with Crippen LogP contribution in [0.15, 0.2) is 12.1 Å². The maximum atomic E-state index is 13.4. The monoisotopic (exact) mass is 396 g/mol. The first-order valence-corrected chi connectivity index (χ1v) is 6.73. The average molecular weight is 396 g/mol. The van der Waals surface area contributed by atoms with Gasteiger partial charge in [-0.25, -0.2) is 9.18 Å². The Morgan fingerprint density at radius 1 is 1.45 bits per heavy atom. The second-order valence-electron chi connectivity index (χ2n) is 4.09. The third kappa shape index (κ3) is 4.47. The van der Waals surface area contributed by atoms with E-state index in [9.17, 15) is 19.3 Å². The Bertz CT molecular complexity index is 525. The standard InChI is InChI=1S/C11H14FIN4O3/c1-16(2)11(18)15-4-3-14-9-5-7(12)8(13)6-10(9)17(19)20/h5-6,14H,3-4H2,1-2H3,(H,15,18). The molecule has 9 heteroatoms. The number of nitrogens with zero attached hydrogens (tertiary/aromatic N) is 2. The summed E-state index contributed by atoms with van der Waals surface area (Å²) in [6.45, 7) is 0.516. The van der Waals surface area contributed by atoms with Gasteiger partial charge in [-0.05, 0) is 22.6 Å². The minimum Gasteiger partial charge on any atom is -0.378 e. The van der Waals surface area contributed by atoms with Crippen LogP contribution < -0.4 is 10.6 Å². The quantitative estimate of drug-likeness (QED) is 0.345. The van der Waals surface area contributed by atoms with E-state index < -0.39 is 10.7 Å². The van der Waals surface area contributed by atoms with Gasteiger partial charge >= 0.3 is 6.03 Å². The van der Waals surface area contributed by atoms with Crippen LogP contribution in [0.25, 0.3) is 0 Å². The summed E-state index contributed by atoms with van der Waals surface area (Å²) in [5, 5.41) is 16.2. The molecule has 1 rings (SSSR count). The third-order valence-corrected chi connectivity index (χ3v) is 3.18. The van der Waals surface area contributed by atoms with Crippen molar-refractivity contribution in [3.63, 3.8) is 0 Å². The molecule has 0 radical (unpaired) electrons. The van der Waals surface area contributed by atoms with Crippen LogP contribution in [0.1, 0.15) is 0 Å².